The van der Waals surface area contributed by atoms with Gasteiger partial charge in [0.15, 0.2) is 0 Å². The fraction of sp³-hybridized carbons (Fsp3) is 0.111. The summed E-state index contributed by atoms with van der Waals surface area (Å²) in [6.07, 6.45) is 2.02. The fourth-order valence-electron chi connectivity index (χ4n) is 3.02. The third kappa shape index (κ3) is 2.01. The van der Waals surface area contributed by atoms with Gasteiger partial charge in [-0.05, 0) is 35.7 Å². The quantitative estimate of drug-likeness (QED) is 0.617. The summed E-state index contributed by atoms with van der Waals surface area (Å²) in [5.74, 6) is -0.931. The average molecular weight is 305 g/mol. The minimum atomic E-state index is -0.931. The van der Waals surface area contributed by atoms with Crippen LogP contribution in [0.3, 0.4) is 0 Å². The molecule has 5 nitrogen and oxygen atoms in total. The first kappa shape index (κ1) is 13.6. The lowest BCUT2D eigenvalue weighted by atomic mass is 10.0. The molecule has 0 saturated heterocycles. The van der Waals surface area contributed by atoms with E-state index >= 15 is 0 Å². The number of nitrogens with zero attached hydrogens (tertiary/aromatic N) is 3. The molecule has 0 unspecified atom stereocenters. The van der Waals surface area contributed by atoms with Gasteiger partial charge in [0.05, 0.1) is 11.1 Å². The van der Waals surface area contributed by atoms with Crippen molar-refractivity contribution >= 4 is 27.8 Å². The minimum Gasteiger partial charge on any atom is -0.478 e. The van der Waals surface area contributed by atoms with Crippen LogP contribution in [-0.2, 0) is 14.1 Å². The summed E-state index contributed by atoms with van der Waals surface area (Å²) >= 11 is 0. The Balaban J connectivity index is 2.00. The second-order valence-corrected chi connectivity index (χ2v) is 5.71. The van der Waals surface area contributed by atoms with Crippen LogP contribution in [-0.4, -0.2) is 25.4 Å². The van der Waals surface area contributed by atoms with Crippen molar-refractivity contribution in [3.05, 3.63) is 54.2 Å². The van der Waals surface area contributed by atoms with Crippen molar-refractivity contribution in [3.8, 4) is 11.3 Å². The Morgan fingerprint density at radius 3 is 2.65 bits per heavy atom. The van der Waals surface area contributed by atoms with Crippen molar-refractivity contribution in [2.75, 3.05) is 0 Å². The molecule has 114 valence electrons. The first-order chi connectivity index (χ1) is 11.0. The SMILES string of the molecule is Cn1ccc2ccc(-c3nn(C)c4ccc(C(=O)O)cc34)cc21. The monoisotopic (exact) mass is 305 g/mol. The molecule has 4 rings (SSSR count). The second kappa shape index (κ2) is 4.71. The van der Waals surface area contributed by atoms with Crippen molar-refractivity contribution < 1.29 is 9.90 Å². The van der Waals surface area contributed by atoms with Crippen LogP contribution < -0.4 is 0 Å². The molecule has 23 heavy (non-hydrogen) atoms. The Hall–Kier alpha value is -3.08. The van der Waals surface area contributed by atoms with Crippen LogP contribution >= 0.6 is 0 Å². The molecule has 0 saturated carbocycles. The van der Waals surface area contributed by atoms with Gasteiger partial charge in [0, 0.05) is 36.8 Å². The first-order valence-electron chi connectivity index (χ1n) is 7.30. The Morgan fingerprint density at radius 2 is 1.87 bits per heavy atom. The first-order valence-corrected chi connectivity index (χ1v) is 7.30. The van der Waals surface area contributed by atoms with Gasteiger partial charge < -0.3 is 9.67 Å². The number of benzene rings is 2. The van der Waals surface area contributed by atoms with E-state index in [4.69, 9.17) is 0 Å². The number of aromatic nitrogens is 3. The number of carboxylic acids is 1. The molecule has 2 aromatic carbocycles. The lowest BCUT2D eigenvalue weighted by Gasteiger charge is -2.02. The number of hydrogen-bond donors (Lipinski definition) is 1. The molecule has 0 aliphatic heterocycles. The zero-order chi connectivity index (χ0) is 16.1. The summed E-state index contributed by atoms with van der Waals surface area (Å²) in [5, 5.41) is 15.8. The summed E-state index contributed by atoms with van der Waals surface area (Å²) in [5.41, 5.74) is 4.08. The summed E-state index contributed by atoms with van der Waals surface area (Å²) in [6, 6.07) is 13.3. The number of carbonyl (C=O) groups is 1. The molecule has 0 atom stereocenters. The molecule has 4 aromatic rings. The predicted molar refractivity (Wildman–Crippen MR) is 89.6 cm³/mol. The summed E-state index contributed by atoms with van der Waals surface area (Å²) < 4.78 is 3.85. The van der Waals surface area contributed by atoms with E-state index in [-0.39, 0.29) is 5.56 Å². The van der Waals surface area contributed by atoms with E-state index < -0.39 is 5.97 Å². The normalized spacial score (nSPS) is 11.4. The highest BCUT2D eigenvalue weighted by molar-refractivity contribution is 6.00. The topological polar surface area (TPSA) is 60.0 Å². The van der Waals surface area contributed by atoms with Gasteiger partial charge in [0.1, 0.15) is 5.69 Å². The zero-order valence-corrected chi connectivity index (χ0v) is 12.8. The molecule has 2 heterocycles. The Morgan fingerprint density at radius 1 is 1.04 bits per heavy atom. The minimum absolute atomic E-state index is 0.270. The van der Waals surface area contributed by atoms with Crippen molar-refractivity contribution in [1.82, 2.24) is 14.3 Å². The van der Waals surface area contributed by atoms with Gasteiger partial charge in [-0.2, -0.15) is 5.10 Å². The highest BCUT2D eigenvalue weighted by atomic mass is 16.4. The van der Waals surface area contributed by atoms with Gasteiger partial charge >= 0.3 is 5.97 Å². The largest absolute Gasteiger partial charge is 0.478 e. The molecule has 0 amide bonds. The smallest absolute Gasteiger partial charge is 0.335 e. The predicted octanol–water partition coefficient (Wildman–Crippen LogP) is 3.43. The molecule has 0 fully saturated rings. The molecule has 5 heteroatoms. The van der Waals surface area contributed by atoms with Gasteiger partial charge in [0.2, 0.25) is 0 Å². The van der Waals surface area contributed by atoms with Gasteiger partial charge in [-0.25, -0.2) is 4.79 Å². The van der Waals surface area contributed by atoms with Crippen LogP contribution in [0.5, 0.6) is 0 Å². The number of aromatic carboxylic acids is 1. The maximum absolute atomic E-state index is 11.3. The van der Waals surface area contributed by atoms with Gasteiger partial charge in [0.25, 0.3) is 0 Å². The summed E-state index contributed by atoms with van der Waals surface area (Å²) in [7, 11) is 3.87. The molecule has 0 spiro atoms. The highest BCUT2D eigenvalue weighted by Crippen LogP contribution is 2.30. The third-order valence-electron chi connectivity index (χ3n) is 4.26. The van der Waals surface area contributed by atoms with Crippen LogP contribution in [0, 0.1) is 0 Å². The lowest BCUT2D eigenvalue weighted by Crippen LogP contribution is -1.95. The molecule has 0 radical (unpaired) electrons. The van der Waals surface area contributed by atoms with Gasteiger partial charge in [-0.3, -0.25) is 4.68 Å². The van der Waals surface area contributed by atoms with Gasteiger partial charge in [-0.15, -0.1) is 0 Å². The molecule has 0 aliphatic rings. The van der Waals surface area contributed by atoms with Crippen LogP contribution in [0.1, 0.15) is 10.4 Å². The highest BCUT2D eigenvalue weighted by Gasteiger charge is 2.14. The van der Waals surface area contributed by atoms with E-state index in [1.54, 1.807) is 22.9 Å². The molecular weight excluding hydrogens is 290 g/mol. The third-order valence-corrected chi connectivity index (χ3v) is 4.26. The van der Waals surface area contributed by atoms with E-state index in [2.05, 4.69) is 27.9 Å². The molecule has 2 aromatic heterocycles. The van der Waals surface area contributed by atoms with E-state index in [0.717, 1.165) is 27.7 Å². The summed E-state index contributed by atoms with van der Waals surface area (Å²) in [6.45, 7) is 0. The number of rotatable bonds is 2. The van der Waals surface area contributed by atoms with E-state index in [0.29, 0.717) is 0 Å². The van der Waals surface area contributed by atoms with Crippen LogP contribution in [0.2, 0.25) is 0 Å². The average Bonchev–Trinajstić information content (AvgIpc) is 3.08. The summed E-state index contributed by atoms with van der Waals surface area (Å²) in [4.78, 5) is 11.3. The van der Waals surface area contributed by atoms with E-state index in [9.17, 15) is 9.90 Å². The molecule has 0 bridgehead atoms. The Kier molecular flexibility index (Phi) is 2.78. The zero-order valence-electron chi connectivity index (χ0n) is 12.8. The van der Waals surface area contributed by atoms with E-state index in [1.807, 2.05) is 26.4 Å². The number of fused-ring (bicyclic) bond motifs is 2. The van der Waals surface area contributed by atoms with Crippen molar-refractivity contribution in [3.63, 3.8) is 0 Å². The van der Waals surface area contributed by atoms with Crippen LogP contribution in [0.4, 0.5) is 0 Å². The standard InChI is InChI=1S/C18H15N3O2/c1-20-8-7-11-3-4-12(10-16(11)20)17-14-9-13(18(22)23)5-6-15(14)21(2)19-17/h3-10H,1-2H3,(H,22,23). The van der Waals surface area contributed by atoms with Gasteiger partial charge in [-0.1, -0.05) is 12.1 Å². The fourth-order valence-corrected chi connectivity index (χ4v) is 3.02. The maximum Gasteiger partial charge on any atom is 0.335 e. The number of hydrogen-bond acceptors (Lipinski definition) is 2. The molecule has 1 N–H and O–H groups in total. The molecular formula is C18H15N3O2. The second-order valence-electron chi connectivity index (χ2n) is 5.71. The Bertz CT molecular complexity index is 1070. The van der Waals surface area contributed by atoms with Crippen molar-refractivity contribution in [2.45, 2.75) is 0 Å². The van der Waals surface area contributed by atoms with Crippen LogP contribution in [0.15, 0.2) is 48.7 Å². The molecule has 0 aliphatic carbocycles. The van der Waals surface area contributed by atoms with E-state index in [1.165, 1.54) is 5.39 Å². The maximum atomic E-state index is 11.3. The van der Waals surface area contributed by atoms with Crippen LogP contribution in [0.25, 0.3) is 33.1 Å². The Labute approximate surface area is 132 Å². The lowest BCUT2D eigenvalue weighted by molar-refractivity contribution is 0.0697. The van der Waals surface area contributed by atoms with Crippen molar-refractivity contribution in [2.24, 2.45) is 14.1 Å². The number of carboxylic acid groups (broad SMARTS) is 1. The van der Waals surface area contributed by atoms with Crippen molar-refractivity contribution in [1.29, 1.82) is 0 Å². The number of aryl methyl sites for hydroxylation is 2.